The van der Waals surface area contributed by atoms with E-state index < -0.39 is 5.97 Å². The Bertz CT molecular complexity index is 503. The Balaban J connectivity index is 1.79. The maximum atomic E-state index is 11.6. The van der Waals surface area contributed by atoms with E-state index in [-0.39, 0.29) is 12.1 Å². The van der Waals surface area contributed by atoms with Gasteiger partial charge in [0.15, 0.2) is 0 Å². The van der Waals surface area contributed by atoms with Crippen molar-refractivity contribution < 1.29 is 14.3 Å². The van der Waals surface area contributed by atoms with E-state index in [1.807, 2.05) is 6.07 Å². The quantitative estimate of drug-likeness (QED) is 0.641. The molecule has 2 saturated heterocycles. The van der Waals surface area contributed by atoms with Crippen molar-refractivity contribution in [2.45, 2.75) is 37.5 Å². The van der Waals surface area contributed by atoms with Crippen LogP contribution in [-0.2, 0) is 9.47 Å². The van der Waals surface area contributed by atoms with Gasteiger partial charge in [-0.05, 0) is 31.4 Å². The van der Waals surface area contributed by atoms with Gasteiger partial charge in [0.2, 0.25) is 0 Å². The van der Waals surface area contributed by atoms with Gasteiger partial charge >= 0.3 is 5.97 Å². The molecule has 0 spiro atoms. The van der Waals surface area contributed by atoms with E-state index >= 15 is 0 Å². The topological polar surface area (TPSA) is 73.6 Å². The van der Waals surface area contributed by atoms with Crippen molar-refractivity contribution in [3.63, 3.8) is 0 Å². The van der Waals surface area contributed by atoms with Gasteiger partial charge in [0.25, 0.3) is 0 Å². The summed E-state index contributed by atoms with van der Waals surface area (Å²) in [5.74, 6) is -0.412. The van der Waals surface area contributed by atoms with Gasteiger partial charge in [-0.2, -0.15) is 0 Å². The molecule has 5 nitrogen and oxygen atoms in total. The molecule has 1 aromatic carbocycles. The molecule has 0 saturated carbocycles. The molecule has 102 valence electrons. The van der Waals surface area contributed by atoms with Gasteiger partial charge in [-0.25, -0.2) is 4.79 Å². The maximum Gasteiger partial charge on any atom is 0.340 e. The number of fused-ring (bicyclic) bond motifs is 2. The van der Waals surface area contributed by atoms with Crippen molar-refractivity contribution in [3.05, 3.63) is 23.8 Å². The second kappa shape index (κ2) is 4.74. The molecule has 3 rings (SSSR count). The van der Waals surface area contributed by atoms with Crippen LogP contribution in [-0.4, -0.2) is 31.3 Å². The van der Waals surface area contributed by atoms with Crippen molar-refractivity contribution >= 4 is 17.3 Å². The van der Waals surface area contributed by atoms with E-state index in [2.05, 4.69) is 5.32 Å². The monoisotopic (exact) mass is 262 g/mol. The number of para-hydroxylation sites is 1. The number of esters is 1. The molecule has 0 radical (unpaired) electrons. The number of nitrogen functional groups attached to an aromatic ring is 1. The lowest BCUT2D eigenvalue weighted by Gasteiger charge is -2.22. The number of ether oxygens (including phenoxy) is 2. The fraction of sp³-hybridized carbons (Fsp3) is 0.500. The van der Waals surface area contributed by atoms with Gasteiger partial charge in [-0.1, -0.05) is 6.07 Å². The molecule has 3 atom stereocenters. The normalized spacial score (nSPS) is 28.4. The Morgan fingerprint density at radius 3 is 2.95 bits per heavy atom. The number of nitrogens with two attached hydrogens (primary N) is 1. The van der Waals surface area contributed by atoms with Crippen LogP contribution in [0.25, 0.3) is 0 Å². The average molecular weight is 262 g/mol. The van der Waals surface area contributed by atoms with Gasteiger partial charge < -0.3 is 20.5 Å². The summed E-state index contributed by atoms with van der Waals surface area (Å²) >= 11 is 0. The van der Waals surface area contributed by atoms with Gasteiger partial charge in [0, 0.05) is 0 Å². The van der Waals surface area contributed by atoms with Crippen LogP contribution in [0, 0.1) is 0 Å². The van der Waals surface area contributed by atoms with Gasteiger partial charge in [-0.15, -0.1) is 0 Å². The van der Waals surface area contributed by atoms with Crippen LogP contribution in [0.15, 0.2) is 18.2 Å². The summed E-state index contributed by atoms with van der Waals surface area (Å²) in [5, 5.41) is 3.40. The third kappa shape index (κ3) is 2.14. The highest BCUT2D eigenvalue weighted by atomic mass is 16.5. The molecule has 1 aromatic rings. The Labute approximate surface area is 112 Å². The minimum atomic E-state index is -0.412. The first-order valence-corrected chi connectivity index (χ1v) is 6.58. The zero-order valence-electron chi connectivity index (χ0n) is 10.9. The minimum Gasteiger partial charge on any atom is -0.465 e. The van der Waals surface area contributed by atoms with Crippen LogP contribution >= 0.6 is 0 Å². The summed E-state index contributed by atoms with van der Waals surface area (Å²) < 4.78 is 10.5. The fourth-order valence-electron chi connectivity index (χ4n) is 2.97. The zero-order chi connectivity index (χ0) is 13.4. The lowest BCUT2D eigenvalue weighted by atomic mass is 9.95. The van der Waals surface area contributed by atoms with Crippen molar-refractivity contribution in [3.8, 4) is 0 Å². The first-order valence-electron chi connectivity index (χ1n) is 6.58. The number of hydrogen-bond acceptors (Lipinski definition) is 5. The molecule has 3 unspecified atom stereocenters. The average Bonchev–Trinajstić information content (AvgIpc) is 3.02. The molecular weight excluding hydrogens is 244 g/mol. The van der Waals surface area contributed by atoms with Crippen LogP contribution in [0.5, 0.6) is 0 Å². The van der Waals surface area contributed by atoms with Crippen LogP contribution in [0.4, 0.5) is 11.4 Å². The van der Waals surface area contributed by atoms with Gasteiger partial charge in [0.1, 0.15) is 0 Å². The number of rotatable bonds is 3. The van der Waals surface area contributed by atoms with E-state index in [0.29, 0.717) is 17.4 Å². The first-order chi connectivity index (χ1) is 9.19. The van der Waals surface area contributed by atoms with Crippen LogP contribution in [0.2, 0.25) is 0 Å². The highest BCUT2D eigenvalue weighted by molar-refractivity contribution is 5.98. The molecule has 0 amide bonds. The Morgan fingerprint density at radius 1 is 1.47 bits per heavy atom. The molecular formula is C14H18N2O3. The smallest absolute Gasteiger partial charge is 0.340 e. The van der Waals surface area contributed by atoms with Crippen molar-refractivity contribution in [2.24, 2.45) is 0 Å². The van der Waals surface area contributed by atoms with Crippen LogP contribution in [0.3, 0.4) is 0 Å². The van der Waals surface area contributed by atoms with E-state index in [9.17, 15) is 4.79 Å². The van der Waals surface area contributed by atoms with Gasteiger partial charge in [0.05, 0.1) is 42.3 Å². The number of methoxy groups -OCH3 is 1. The number of hydrogen-bond donors (Lipinski definition) is 2. The summed E-state index contributed by atoms with van der Waals surface area (Å²) in [6.45, 7) is 0. The Hall–Kier alpha value is -1.75. The first kappa shape index (κ1) is 12.3. The summed E-state index contributed by atoms with van der Waals surface area (Å²) in [4.78, 5) is 11.6. The number of nitrogens with one attached hydrogen (secondary N) is 1. The SMILES string of the molecule is COC(=O)c1cccc(NC2CC3CCC2O3)c1N. The molecule has 0 aliphatic carbocycles. The standard InChI is InChI=1S/C14H18N2O3/c1-18-14(17)9-3-2-4-10(13(9)15)16-11-7-8-5-6-12(11)19-8/h2-4,8,11-12,16H,5-7,15H2,1H3. The zero-order valence-corrected chi connectivity index (χ0v) is 10.9. The van der Waals surface area contributed by atoms with Crippen molar-refractivity contribution in [2.75, 3.05) is 18.2 Å². The predicted octanol–water partition coefficient (Wildman–Crippen LogP) is 1.79. The lowest BCUT2D eigenvalue weighted by molar-refractivity contribution is 0.0602. The molecule has 2 aliphatic rings. The molecule has 2 fully saturated rings. The number of benzene rings is 1. The minimum absolute atomic E-state index is 0.270. The number of carbonyl (C=O) groups is 1. The number of carbonyl (C=O) groups excluding carboxylic acids is 1. The highest BCUT2D eigenvalue weighted by Gasteiger charge is 2.40. The number of anilines is 2. The molecule has 2 bridgehead atoms. The summed E-state index contributed by atoms with van der Waals surface area (Å²) in [6.07, 6.45) is 3.91. The molecule has 2 heterocycles. The summed E-state index contributed by atoms with van der Waals surface area (Å²) in [6, 6.07) is 5.64. The lowest BCUT2D eigenvalue weighted by Crippen LogP contribution is -2.30. The third-order valence-electron chi connectivity index (χ3n) is 3.96. The molecule has 0 aromatic heterocycles. The van der Waals surface area contributed by atoms with Crippen LogP contribution in [0.1, 0.15) is 29.6 Å². The Morgan fingerprint density at radius 2 is 2.32 bits per heavy atom. The summed E-state index contributed by atoms with van der Waals surface area (Å²) in [7, 11) is 1.35. The largest absolute Gasteiger partial charge is 0.465 e. The molecule has 3 N–H and O–H groups in total. The predicted molar refractivity (Wildman–Crippen MR) is 72.1 cm³/mol. The highest BCUT2D eigenvalue weighted by Crippen LogP contribution is 2.37. The van der Waals surface area contributed by atoms with E-state index in [0.717, 1.165) is 24.9 Å². The van der Waals surface area contributed by atoms with Crippen molar-refractivity contribution in [1.29, 1.82) is 0 Å². The van der Waals surface area contributed by atoms with E-state index in [1.54, 1.807) is 12.1 Å². The van der Waals surface area contributed by atoms with Crippen molar-refractivity contribution in [1.82, 2.24) is 0 Å². The summed E-state index contributed by atoms with van der Waals surface area (Å²) in [5.41, 5.74) is 7.65. The Kier molecular flexibility index (Phi) is 3.06. The van der Waals surface area contributed by atoms with Crippen LogP contribution < -0.4 is 11.1 Å². The second-order valence-corrected chi connectivity index (χ2v) is 5.12. The third-order valence-corrected chi connectivity index (χ3v) is 3.96. The molecule has 19 heavy (non-hydrogen) atoms. The maximum absolute atomic E-state index is 11.6. The van der Waals surface area contributed by atoms with Gasteiger partial charge in [-0.3, -0.25) is 0 Å². The fourth-order valence-corrected chi connectivity index (χ4v) is 2.97. The van der Waals surface area contributed by atoms with E-state index in [1.165, 1.54) is 7.11 Å². The van der Waals surface area contributed by atoms with E-state index in [4.69, 9.17) is 15.2 Å². The molecule has 2 aliphatic heterocycles. The molecule has 5 heteroatoms. The second-order valence-electron chi connectivity index (χ2n) is 5.12.